The van der Waals surface area contributed by atoms with E-state index >= 15 is 0 Å². The number of sulfonamides is 1. The minimum atomic E-state index is -3.67. The monoisotopic (exact) mass is 494 g/mol. The van der Waals surface area contributed by atoms with Gasteiger partial charge < -0.3 is 19.1 Å². The second-order valence-electron chi connectivity index (χ2n) is 7.95. The van der Waals surface area contributed by atoms with Crippen molar-refractivity contribution < 1.29 is 27.4 Å². The normalized spacial score (nSPS) is 16.5. The van der Waals surface area contributed by atoms with Gasteiger partial charge in [0.2, 0.25) is 15.9 Å². The lowest BCUT2D eigenvalue weighted by Crippen LogP contribution is -2.50. The molecule has 0 aliphatic carbocycles. The van der Waals surface area contributed by atoms with Crippen LogP contribution < -0.4 is 14.2 Å². The van der Waals surface area contributed by atoms with Gasteiger partial charge >= 0.3 is 0 Å². The Hall–Kier alpha value is -2.49. The van der Waals surface area contributed by atoms with E-state index in [9.17, 15) is 13.2 Å². The molecule has 0 aromatic heterocycles. The third-order valence-corrected chi connectivity index (χ3v) is 7.99. The molecule has 0 radical (unpaired) electrons. The highest BCUT2D eigenvalue weighted by Gasteiger charge is 2.31. The van der Waals surface area contributed by atoms with Crippen molar-refractivity contribution >= 4 is 27.5 Å². The van der Waals surface area contributed by atoms with Crippen LogP contribution in [0.5, 0.6) is 17.2 Å². The Bertz CT molecular complexity index is 1120. The first-order chi connectivity index (χ1) is 15.8. The van der Waals surface area contributed by atoms with Crippen LogP contribution >= 0.6 is 11.6 Å². The standard InChI is InChI=1S/C23H27ClN2O6S/c1-17-15-18(4-6-20(17)24)30-12-2-3-23(27)25-8-10-26(11-9-25)33(28,29)19-5-7-21-22(16-19)32-14-13-31-21/h4-7,15-16H,2-3,8-14H2,1H3. The summed E-state index contributed by atoms with van der Waals surface area (Å²) in [5.74, 6) is 1.71. The quantitative estimate of drug-likeness (QED) is 0.550. The van der Waals surface area contributed by atoms with Gasteiger partial charge in [0.25, 0.3) is 0 Å². The zero-order chi connectivity index (χ0) is 23.4. The van der Waals surface area contributed by atoms with Gasteiger partial charge in [-0.25, -0.2) is 8.42 Å². The fourth-order valence-corrected chi connectivity index (χ4v) is 5.35. The molecule has 4 rings (SSSR count). The molecule has 0 spiro atoms. The number of hydrogen-bond donors (Lipinski definition) is 0. The zero-order valence-corrected chi connectivity index (χ0v) is 20.0. The van der Waals surface area contributed by atoms with E-state index in [0.29, 0.717) is 62.3 Å². The number of ether oxygens (including phenoxy) is 3. The highest BCUT2D eigenvalue weighted by molar-refractivity contribution is 7.89. The van der Waals surface area contributed by atoms with Crippen LogP contribution in [0.2, 0.25) is 5.02 Å². The third-order valence-electron chi connectivity index (χ3n) is 5.68. The second-order valence-corrected chi connectivity index (χ2v) is 10.3. The molecule has 0 bridgehead atoms. The summed E-state index contributed by atoms with van der Waals surface area (Å²) in [4.78, 5) is 14.4. The molecular weight excluding hydrogens is 468 g/mol. The van der Waals surface area contributed by atoms with Crippen molar-refractivity contribution in [1.29, 1.82) is 0 Å². The van der Waals surface area contributed by atoms with Crippen molar-refractivity contribution in [3.05, 3.63) is 47.0 Å². The number of aryl methyl sites for hydroxylation is 1. The molecule has 1 fully saturated rings. The fraction of sp³-hybridized carbons (Fsp3) is 0.435. The topological polar surface area (TPSA) is 85.4 Å². The number of amides is 1. The molecular formula is C23H27ClN2O6S. The van der Waals surface area contributed by atoms with Gasteiger partial charge in [-0.3, -0.25) is 4.79 Å². The van der Waals surface area contributed by atoms with E-state index in [1.165, 1.54) is 16.4 Å². The number of fused-ring (bicyclic) bond motifs is 1. The number of benzene rings is 2. The van der Waals surface area contributed by atoms with E-state index in [4.69, 9.17) is 25.8 Å². The van der Waals surface area contributed by atoms with Crippen LogP contribution in [-0.2, 0) is 14.8 Å². The molecule has 2 heterocycles. The zero-order valence-electron chi connectivity index (χ0n) is 18.5. The van der Waals surface area contributed by atoms with Crippen LogP contribution in [-0.4, -0.2) is 69.5 Å². The Morgan fingerprint density at radius 2 is 1.76 bits per heavy atom. The molecule has 178 valence electrons. The van der Waals surface area contributed by atoms with Crippen molar-refractivity contribution in [3.63, 3.8) is 0 Å². The molecule has 2 aromatic carbocycles. The van der Waals surface area contributed by atoms with Gasteiger partial charge in [0.05, 0.1) is 11.5 Å². The number of carbonyl (C=O) groups is 1. The van der Waals surface area contributed by atoms with Crippen LogP contribution in [0.15, 0.2) is 41.3 Å². The van der Waals surface area contributed by atoms with Crippen LogP contribution in [0, 0.1) is 6.92 Å². The van der Waals surface area contributed by atoms with E-state index in [2.05, 4.69) is 0 Å². The first-order valence-electron chi connectivity index (χ1n) is 10.9. The summed E-state index contributed by atoms with van der Waals surface area (Å²) in [5.41, 5.74) is 0.939. The van der Waals surface area contributed by atoms with E-state index < -0.39 is 10.0 Å². The first kappa shape index (κ1) is 23.7. The van der Waals surface area contributed by atoms with E-state index in [1.54, 1.807) is 23.1 Å². The molecule has 1 amide bonds. The van der Waals surface area contributed by atoms with Crippen molar-refractivity contribution in [1.82, 2.24) is 9.21 Å². The van der Waals surface area contributed by atoms with E-state index in [-0.39, 0.29) is 23.9 Å². The number of nitrogens with zero attached hydrogens (tertiary/aromatic N) is 2. The molecule has 0 unspecified atom stereocenters. The molecule has 0 N–H and O–H groups in total. The Labute approximate surface area is 199 Å². The second kappa shape index (κ2) is 10.2. The lowest BCUT2D eigenvalue weighted by Gasteiger charge is -2.34. The summed E-state index contributed by atoms with van der Waals surface area (Å²) in [6.07, 6.45) is 0.928. The van der Waals surface area contributed by atoms with Crippen molar-refractivity contribution in [3.8, 4) is 17.2 Å². The molecule has 0 saturated carbocycles. The molecule has 1 saturated heterocycles. The van der Waals surface area contributed by atoms with Crippen molar-refractivity contribution in [2.24, 2.45) is 0 Å². The Morgan fingerprint density at radius 3 is 2.48 bits per heavy atom. The van der Waals surface area contributed by atoms with Gasteiger partial charge in [0, 0.05) is 43.7 Å². The summed E-state index contributed by atoms with van der Waals surface area (Å²) < 4.78 is 44.2. The van der Waals surface area contributed by atoms with Crippen molar-refractivity contribution in [2.45, 2.75) is 24.7 Å². The lowest BCUT2D eigenvalue weighted by molar-refractivity contribution is -0.132. The highest BCUT2D eigenvalue weighted by atomic mass is 35.5. The smallest absolute Gasteiger partial charge is 0.243 e. The van der Waals surface area contributed by atoms with Gasteiger partial charge in [-0.2, -0.15) is 4.31 Å². The highest BCUT2D eigenvalue weighted by Crippen LogP contribution is 2.33. The third kappa shape index (κ3) is 5.54. The minimum absolute atomic E-state index is 0.00210. The number of piperazine rings is 1. The minimum Gasteiger partial charge on any atom is -0.494 e. The average molecular weight is 495 g/mol. The molecule has 10 heteroatoms. The largest absolute Gasteiger partial charge is 0.494 e. The van der Waals surface area contributed by atoms with Gasteiger partial charge in [-0.05, 0) is 49.2 Å². The van der Waals surface area contributed by atoms with E-state index in [1.807, 2.05) is 13.0 Å². The lowest BCUT2D eigenvalue weighted by atomic mass is 10.2. The average Bonchev–Trinajstić information content (AvgIpc) is 2.83. The van der Waals surface area contributed by atoms with Crippen molar-refractivity contribution in [2.75, 3.05) is 46.0 Å². The van der Waals surface area contributed by atoms with Gasteiger partial charge in [-0.15, -0.1) is 0 Å². The fourth-order valence-electron chi connectivity index (χ4n) is 3.79. The maximum Gasteiger partial charge on any atom is 0.243 e. The summed E-state index contributed by atoms with van der Waals surface area (Å²) in [6, 6.07) is 10.1. The maximum atomic E-state index is 13.0. The molecule has 8 nitrogen and oxygen atoms in total. The van der Waals surface area contributed by atoms with Gasteiger partial charge in [0.15, 0.2) is 11.5 Å². The van der Waals surface area contributed by atoms with Gasteiger partial charge in [-0.1, -0.05) is 11.6 Å². The van der Waals surface area contributed by atoms with Crippen LogP contribution in [0.4, 0.5) is 0 Å². The predicted octanol–water partition coefficient (Wildman–Crippen LogP) is 3.11. The first-order valence-corrected chi connectivity index (χ1v) is 12.7. The number of hydrogen-bond acceptors (Lipinski definition) is 6. The number of carbonyl (C=O) groups excluding carboxylic acids is 1. The maximum absolute atomic E-state index is 13.0. The summed E-state index contributed by atoms with van der Waals surface area (Å²) in [5, 5.41) is 0.688. The molecule has 2 aromatic rings. The van der Waals surface area contributed by atoms with Gasteiger partial charge in [0.1, 0.15) is 19.0 Å². The predicted molar refractivity (Wildman–Crippen MR) is 124 cm³/mol. The molecule has 2 aliphatic heterocycles. The Kier molecular flexibility index (Phi) is 7.31. The number of halogens is 1. The Balaban J connectivity index is 1.25. The number of rotatable bonds is 7. The van der Waals surface area contributed by atoms with Crippen LogP contribution in [0.1, 0.15) is 18.4 Å². The summed E-state index contributed by atoms with van der Waals surface area (Å²) >= 11 is 6.01. The SMILES string of the molecule is Cc1cc(OCCCC(=O)N2CCN(S(=O)(=O)c3ccc4c(c3)OCCO4)CC2)ccc1Cl. The molecule has 0 atom stereocenters. The van der Waals surface area contributed by atoms with Crippen LogP contribution in [0.25, 0.3) is 0 Å². The summed E-state index contributed by atoms with van der Waals surface area (Å²) in [6.45, 7) is 4.40. The molecule has 33 heavy (non-hydrogen) atoms. The Morgan fingerprint density at radius 1 is 1.03 bits per heavy atom. The molecule has 2 aliphatic rings. The van der Waals surface area contributed by atoms with E-state index in [0.717, 1.165) is 11.3 Å². The summed E-state index contributed by atoms with van der Waals surface area (Å²) in [7, 11) is -3.67. The van der Waals surface area contributed by atoms with Crippen LogP contribution in [0.3, 0.4) is 0 Å².